The first-order valence-electron chi connectivity index (χ1n) is 7.20. The number of carbonyl (C=O) groups is 1. The van der Waals surface area contributed by atoms with Crippen LogP contribution in [0.3, 0.4) is 0 Å². The van der Waals surface area contributed by atoms with Gasteiger partial charge in [0.15, 0.2) is 5.75 Å². The van der Waals surface area contributed by atoms with Gasteiger partial charge < -0.3 is 9.84 Å². The van der Waals surface area contributed by atoms with Gasteiger partial charge in [0, 0.05) is 18.5 Å². The number of nitrogens with zero attached hydrogens (tertiary/aromatic N) is 1. The van der Waals surface area contributed by atoms with Crippen LogP contribution in [0.5, 0.6) is 0 Å². The highest BCUT2D eigenvalue weighted by atomic mass is 32.2. The zero-order chi connectivity index (χ0) is 14.8. The van der Waals surface area contributed by atoms with Gasteiger partial charge in [0.2, 0.25) is 10.0 Å². The number of rotatable bonds is 4. The Hall–Kier alpha value is -0.660. The number of aliphatic hydroxyl groups is 1. The highest BCUT2D eigenvalue weighted by Crippen LogP contribution is 2.36. The van der Waals surface area contributed by atoms with E-state index in [4.69, 9.17) is 0 Å². The molecule has 1 aliphatic carbocycles. The van der Waals surface area contributed by atoms with Gasteiger partial charge in [0.25, 0.3) is 0 Å². The zero-order valence-electron chi connectivity index (χ0n) is 11.8. The molecule has 0 aromatic heterocycles. The van der Waals surface area contributed by atoms with Crippen molar-refractivity contribution in [1.82, 2.24) is 4.31 Å². The van der Waals surface area contributed by atoms with Crippen molar-refractivity contribution < 1.29 is 23.1 Å². The van der Waals surface area contributed by atoms with Gasteiger partial charge in [0.1, 0.15) is 0 Å². The molecule has 1 saturated carbocycles. The van der Waals surface area contributed by atoms with Crippen molar-refractivity contribution in [2.24, 2.45) is 5.92 Å². The molecule has 20 heavy (non-hydrogen) atoms. The third kappa shape index (κ3) is 3.32. The number of hydrogen-bond donors (Lipinski definition) is 1. The van der Waals surface area contributed by atoms with Crippen molar-refractivity contribution in [3.05, 3.63) is 0 Å². The summed E-state index contributed by atoms with van der Waals surface area (Å²) in [7, 11) is -2.46. The molecule has 3 atom stereocenters. The fraction of sp³-hybridized carbons (Fsp3) is 0.923. The van der Waals surface area contributed by atoms with Crippen molar-refractivity contribution >= 4 is 16.0 Å². The highest BCUT2D eigenvalue weighted by molar-refractivity contribution is 7.89. The Morgan fingerprint density at radius 3 is 2.60 bits per heavy atom. The minimum absolute atomic E-state index is 0.00123. The third-order valence-corrected chi connectivity index (χ3v) is 6.18. The van der Waals surface area contributed by atoms with Gasteiger partial charge in [-0.1, -0.05) is 12.8 Å². The van der Waals surface area contributed by atoms with Crippen molar-refractivity contribution in [3.8, 4) is 0 Å². The van der Waals surface area contributed by atoms with Gasteiger partial charge >= 0.3 is 5.97 Å². The summed E-state index contributed by atoms with van der Waals surface area (Å²) < 4.78 is 30.5. The summed E-state index contributed by atoms with van der Waals surface area (Å²) in [4.78, 5) is 11.3. The molecule has 0 amide bonds. The van der Waals surface area contributed by atoms with Crippen LogP contribution in [-0.2, 0) is 19.6 Å². The van der Waals surface area contributed by atoms with Gasteiger partial charge in [-0.2, -0.15) is 4.31 Å². The zero-order valence-corrected chi connectivity index (χ0v) is 12.6. The summed E-state index contributed by atoms with van der Waals surface area (Å²) in [6.45, 7) is 0.438. The number of sulfonamides is 1. The summed E-state index contributed by atoms with van der Waals surface area (Å²) >= 11 is 0. The van der Waals surface area contributed by atoms with Crippen molar-refractivity contribution in [3.63, 3.8) is 0 Å². The molecule has 1 saturated heterocycles. The Labute approximate surface area is 120 Å². The number of esters is 1. The lowest BCUT2D eigenvalue weighted by atomic mass is 9.81. The molecular weight excluding hydrogens is 282 g/mol. The molecule has 0 bridgehead atoms. The smallest absolute Gasteiger partial charge is 0.322 e. The van der Waals surface area contributed by atoms with Gasteiger partial charge in [-0.25, -0.2) is 8.42 Å². The van der Waals surface area contributed by atoms with E-state index in [2.05, 4.69) is 4.74 Å². The third-order valence-electron chi connectivity index (χ3n) is 4.41. The number of aliphatic hydroxyl groups excluding tert-OH is 1. The molecule has 2 aliphatic rings. The van der Waals surface area contributed by atoms with Crippen LogP contribution in [0.25, 0.3) is 0 Å². The number of methoxy groups -OCH3 is 1. The second-order valence-electron chi connectivity index (χ2n) is 5.67. The van der Waals surface area contributed by atoms with E-state index in [1.54, 1.807) is 0 Å². The Morgan fingerprint density at radius 1 is 1.25 bits per heavy atom. The Morgan fingerprint density at radius 2 is 1.95 bits per heavy atom. The van der Waals surface area contributed by atoms with Crippen LogP contribution < -0.4 is 0 Å². The van der Waals surface area contributed by atoms with Gasteiger partial charge in [-0.3, -0.25) is 4.79 Å². The monoisotopic (exact) mass is 305 g/mol. The van der Waals surface area contributed by atoms with E-state index >= 15 is 0 Å². The van der Waals surface area contributed by atoms with Crippen LogP contribution >= 0.6 is 0 Å². The summed E-state index contributed by atoms with van der Waals surface area (Å²) in [6.07, 6.45) is 4.75. The minimum atomic E-state index is -3.65. The fourth-order valence-corrected chi connectivity index (χ4v) is 5.08. The van der Waals surface area contributed by atoms with E-state index in [0.29, 0.717) is 6.54 Å². The first-order chi connectivity index (χ1) is 9.45. The first kappa shape index (κ1) is 15.7. The van der Waals surface area contributed by atoms with Crippen LogP contribution in [0.1, 0.15) is 38.5 Å². The maximum atomic E-state index is 12.3. The molecule has 0 spiro atoms. The van der Waals surface area contributed by atoms with E-state index in [1.165, 1.54) is 11.4 Å². The topological polar surface area (TPSA) is 83.9 Å². The lowest BCUT2D eigenvalue weighted by Gasteiger charge is -2.36. The second-order valence-corrected chi connectivity index (χ2v) is 7.59. The number of hydrogen-bond acceptors (Lipinski definition) is 5. The second kappa shape index (κ2) is 6.41. The average Bonchev–Trinajstić information content (AvgIpc) is 2.88. The minimum Gasteiger partial charge on any atom is -0.468 e. The molecule has 1 aliphatic heterocycles. The molecule has 2 fully saturated rings. The van der Waals surface area contributed by atoms with Crippen LogP contribution in [0.4, 0.5) is 0 Å². The van der Waals surface area contributed by atoms with E-state index in [1.807, 2.05) is 0 Å². The predicted octanol–water partition coefficient (Wildman–Crippen LogP) is 0.505. The van der Waals surface area contributed by atoms with E-state index in [-0.39, 0.29) is 12.0 Å². The first-order valence-corrected chi connectivity index (χ1v) is 8.81. The summed E-state index contributed by atoms with van der Waals surface area (Å²) in [5.41, 5.74) is 0. The Kier molecular flexibility index (Phi) is 5.04. The van der Waals surface area contributed by atoms with Crippen molar-refractivity contribution in [1.29, 1.82) is 0 Å². The lowest BCUT2D eigenvalue weighted by Crippen LogP contribution is -2.46. The molecule has 1 heterocycles. The normalized spacial score (nSPS) is 32.2. The van der Waals surface area contributed by atoms with Crippen LogP contribution in [0.15, 0.2) is 0 Å². The summed E-state index contributed by atoms with van der Waals surface area (Å²) in [5.74, 6) is -1.35. The molecule has 3 unspecified atom stereocenters. The fourth-order valence-electron chi connectivity index (χ4n) is 3.42. The highest BCUT2D eigenvalue weighted by Gasteiger charge is 2.42. The maximum Gasteiger partial charge on any atom is 0.322 e. The Bertz CT molecular complexity index is 450. The van der Waals surface area contributed by atoms with Gasteiger partial charge in [-0.15, -0.1) is 0 Å². The number of ether oxygens (including phenoxy) is 1. The SMILES string of the molecule is COC(=O)CS(=O)(=O)N1CCCC1C1CCCCC1O. The van der Waals surface area contributed by atoms with Crippen LogP contribution in [0, 0.1) is 5.92 Å². The van der Waals surface area contributed by atoms with Gasteiger partial charge in [-0.05, 0) is 25.7 Å². The maximum absolute atomic E-state index is 12.3. The summed E-state index contributed by atoms with van der Waals surface area (Å²) in [5, 5.41) is 10.1. The molecule has 6 nitrogen and oxygen atoms in total. The van der Waals surface area contributed by atoms with Crippen LogP contribution in [-0.4, -0.2) is 55.4 Å². The lowest BCUT2D eigenvalue weighted by molar-refractivity contribution is -0.137. The average molecular weight is 305 g/mol. The van der Waals surface area contributed by atoms with E-state index in [0.717, 1.165) is 38.5 Å². The molecule has 0 aromatic rings. The molecule has 1 N–H and O–H groups in total. The standard InChI is InChI=1S/C13H23NO5S/c1-19-13(16)9-20(17,18)14-8-4-6-11(14)10-5-2-3-7-12(10)15/h10-12,15H,2-9H2,1H3. The van der Waals surface area contributed by atoms with Crippen LogP contribution in [0.2, 0.25) is 0 Å². The predicted molar refractivity (Wildman–Crippen MR) is 73.5 cm³/mol. The molecule has 116 valence electrons. The molecular formula is C13H23NO5S. The largest absolute Gasteiger partial charge is 0.468 e. The van der Waals surface area contributed by atoms with Gasteiger partial charge in [0.05, 0.1) is 13.2 Å². The molecule has 2 rings (SSSR count). The Balaban J connectivity index is 2.12. The van der Waals surface area contributed by atoms with Crippen molar-refractivity contribution in [2.75, 3.05) is 19.4 Å². The number of carbonyl (C=O) groups excluding carboxylic acids is 1. The van der Waals surface area contributed by atoms with Crippen molar-refractivity contribution in [2.45, 2.75) is 50.7 Å². The quantitative estimate of drug-likeness (QED) is 0.765. The molecule has 0 radical (unpaired) electrons. The van der Waals surface area contributed by atoms with E-state index < -0.39 is 27.8 Å². The summed E-state index contributed by atoms with van der Waals surface area (Å²) in [6, 6.07) is -0.167. The molecule has 7 heteroatoms. The van der Waals surface area contributed by atoms with E-state index in [9.17, 15) is 18.3 Å². The molecule has 0 aromatic carbocycles.